The Morgan fingerprint density at radius 2 is 1.80 bits per heavy atom. The highest BCUT2D eigenvalue weighted by Gasteiger charge is 2.41. The van der Waals surface area contributed by atoms with Crippen LogP contribution in [0.15, 0.2) is 24.3 Å². The molecule has 1 heterocycles. The Labute approximate surface area is 144 Å². The lowest BCUT2D eigenvalue weighted by atomic mass is 9.90. The van der Waals surface area contributed by atoms with E-state index in [0.717, 1.165) is 0 Å². The van der Waals surface area contributed by atoms with Crippen LogP contribution in [0.1, 0.15) is 64.6 Å². The Balaban J connectivity index is 2.09. The molecule has 130 valence electrons. The molecule has 0 aliphatic heterocycles. The van der Waals surface area contributed by atoms with Gasteiger partial charge in [-0.3, -0.25) is 19.7 Å². The van der Waals surface area contributed by atoms with Gasteiger partial charge in [-0.15, -0.1) is 0 Å². The fourth-order valence-corrected chi connectivity index (χ4v) is 3.38. The van der Waals surface area contributed by atoms with E-state index in [1.54, 1.807) is 38.2 Å². The van der Waals surface area contributed by atoms with Crippen molar-refractivity contribution < 1.29 is 14.5 Å². The fourth-order valence-electron chi connectivity index (χ4n) is 3.38. The van der Waals surface area contributed by atoms with Gasteiger partial charge in [-0.25, -0.2) is 4.98 Å². The summed E-state index contributed by atoms with van der Waals surface area (Å²) in [5.41, 5.74) is -0.213. The minimum absolute atomic E-state index is 0.0637. The van der Waals surface area contributed by atoms with Crippen molar-refractivity contribution >= 4 is 11.6 Å². The molecule has 0 bridgehead atoms. The number of nitro groups is 1. The van der Waals surface area contributed by atoms with E-state index in [4.69, 9.17) is 0 Å². The molecule has 1 aromatic heterocycles. The number of fused-ring (bicyclic) bond motifs is 2. The Bertz CT molecular complexity index is 900. The largest absolute Gasteiger partial charge is 0.328 e. The summed E-state index contributed by atoms with van der Waals surface area (Å²) in [6.07, 6.45) is 1.11. The third kappa shape index (κ3) is 2.56. The van der Waals surface area contributed by atoms with Crippen LogP contribution in [-0.2, 0) is 13.5 Å². The predicted molar refractivity (Wildman–Crippen MR) is 90.5 cm³/mol. The standard InChI is InChI=1S/C18H19N3O4/c1-4-9-18(2,21(24)25)10-13-19-14-15(20(13)3)17(23)12-8-6-5-7-11(12)16(14)22/h5-8H,4,9-10H2,1-3H3. The van der Waals surface area contributed by atoms with Crippen molar-refractivity contribution in [2.45, 2.75) is 38.6 Å². The van der Waals surface area contributed by atoms with Crippen LogP contribution in [0.2, 0.25) is 0 Å². The molecule has 1 atom stereocenters. The number of hydrogen-bond acceptors (Lipinski definition) is 5. The lowest BCUT2D eigenvalue weighted by Crippen LogP contribution is -2.38. The average molecular weight is 341 g/mol. The number of ketones is 2. The lowest BCUT2D eigenvalue weighted by molar-refractivity contribution is -0.566. The highest BCUT2D eigenvalue weighted by atomic mass is 16.6. The molecule has 0 saturated carbocycles. The third-order valence-corrected chi connectivity index (χ3v) is 4.80. The molecule has 0 saturated heterocycles. The van der Waals surface area contributed by atoms with Crippen LogP contribution in [0.5, 0.6) is 0 Å². The first-order valence-corrected chi connectivity index (χ1v) is 8.18. The summed E-state index contributed by atoms with van der Waals surface area (Å²) in [5.74, 6) is -0.206. The number of benzene rings is 1. The first-order chi connectivity index (χ1) is 11.8. The number of aromatic nitrogens is 2. The molecular weight excluding hydrogens is 322 g/mol. The second kappa shape index (κ2) is 5.91. The van der Waals surface area contributed by atoms with Gasteiger partial charge in [-0.1, -0.05) is 31.2 Å². The van der Waals surface area contributed by atoms with Gasteiger partial charge in [0.05, 0.1) is 6.42 Å². The molecule has 0 amide bonds. The summed E-state index contributed by atoms with van der Waals surface area (Å²) in [5, 5.41) is 11.5. The van der Waals surface area contributed by atoms with Crippen molar-refractivity contribution in [3.63, 3.8) is 0 Å². The van der Waals surface area contributed by atoms with E-state index in [1.165, 1.54) is 4.57 Å². The summed E-state index contributed by atoms with van der Waals surface area (Å²) >= 11 is 0. The maximum atomic E-state index is 12.8. The number of hydrogen-bond donors (Lipinski definition) is 0. The number of imidazole rings is 1. The molecule has 0 radical (unpaired) electrons. The van der Waals surface area contributed by atoms with Crippen molar-refractivity contribution in [1.29, 1.82) is 0 Å². The predicted octanol–water partition coefficient (Wildman–Crippen LogP) is 2.57. The molecule has 0 fully saturated rings. The first kappa shape index (κ1) is 17.0. The van der Waals surface area contributed by atoms with Crippen LogP contribution in [0.25, 0.3) is 0 Å². The summed E-state index contributed by atoms with van der Waals surface area (Å²) < 4.78 is 1.53. The maximum Gasteiger partial charge on any atom is 0.226 e. The highest BCUT2D eigenvalue weighted by Crippen LogP contribution is 2.29. The minimum atomic E-state index is -1.19. The minimum Gasteiger partial charge on any atom is -0.328 e. The molecule has 1 aromatic carbocycles. The molecular formula is C18H19N3O4. The molecule has 0 spiro atoms. The smallest absolute Gasteiger partial charge is 0.226 e. The Hall–Kier alpha value is -2.83. The van der Waals surface area contributed by atoms with Gasteiger partial charge in [-0.05, 0) is 6.42 Å². The van der Waals surface area contributed by atoms with E-state index in [2.05, 4.69) is 4.98 Å². The van der Waals surface area contributed by atoms with Crippen LogP contribution in [-0.4, -0.2) is 31.6 Å². The first-order valence-electron chi connectivity index (χ1n) is 8.18. The topological polar surface area (TPSA) is 95.1 Å². The van der Waals surface area contributed by atoms with Crippen LogP contribution < -0.4 is 0 Å². The quantitative estimate of drug-likeness (QED) is 0.525. The van der Waals surface area contributed by atoms with Crippen LogP contribution in [0, 0.1) is 10.1 Å². The van der Waals surface area contributed by atoms with Gasteiger partial charge in [0, 0.05) is 36.4 Å². The normalized spacial score (nSPS) is 15.5. The second-order valence-corrected chi connectivity index (χ2v) is 6.67. The van der Waals surface area contributed by atoms with Crippen LogP contribution in [0.3, 0.4) is 0 Å². The maximum absolute atomic E-state index is 12.8. The van der Waals surface area contributed by atoms with Gasteiger partial charge in [0.15, 0.2) is 0 Å². The molecule has 7 nitrogen and oxygen atoms in total. The molecule has 25 heavy (non-hydrogen) atoms. The summed E-state index contributed by atoms with van der Waals surface area (Å²) in [6.45, 7) is 3.46. The molecule has 0 N–H and O–H groups in total. The third-order valence-electron chi connectivity index (χ3n) is 4.80. The molecule has 1 aliphatic carbocycles. The van der Waals surface area contributed by atoms with Gasteiger partial charge < -0.3 is 4.57 Å². The molecule has 2 aromatic rings. The number of rotatable bonds is 5. The van der Waals surface area contributed by atoms with Crippen molar-refractivity contribution in [2.24, 2.45) is 7.05 Å². The van der Waals surface area contributed by atoms with E-state index >= 15 is 0 Å². The summed E-state index contributed by atoms with van der Waals surface area (Å²) in [7, 11) is 1.63. The van der Waals surface area contributed by atoms with Crippen molar-refractivity contribution in [1.82, 2.24) is 9.55 Å². The van der Waals surface area contributed by atoms with Gasteiger partial charge in [0.2, 0.25) is 17.1 Å². The zero-order chi connectivity index (χ0) is 18.4. The average Bonchev–Trinajstić information content (AvgIpc) is 2.90. The van der Waals surface area contributed by atoms with Crippen LogP contribution >= 0.6 is 0 Å². The zero-order valence-corrected chi connectivity index (χ0v) is 14.4. The number of carbonyl (C=O) groups is 2. The molecule has 3 rings (SSSR count). The second-order valence-electron chi connectivity index (χ2n) is 6.67. The number of nitrogens with zero attached hydrogens (tertiary/aromatic N) is 3. The van der Waals surface area contributed by atoms with Gasteiger partial charge in [0.1, 0.15) is 17.2 Å². The number of carbonyl (C=O) groups excluding carboxylic acids is 2. The van der Waals surface area contributed by atoms with Gasteiger partial charge >= 0.3 is 0 Å². The zero-order valence-electron chi connectivity index (χ0n) is 14.4. The Morgan fingerprint density at radius 1 is 1.20 bits per heavy atom. The van der Waals surface area contributed by atoms with E-state index in [1.807, 2.05) is 6.92 Å². The molecule has 1 aliphatic rings. The fraction of sp³-hybridized carbons (Fsp3) is 0.389. The van der Waals surface area contributed by atoms with E-state index < -0.39 is 5.54 Å². The molecule has 7 heteroatoms. The van der Waals surface area contributed by atoms with Crippen molar-refractivity contribution in [2.75, 3.05) is 0 Å². The van der Waals surface area contributed by atoms with E-state index in [9.17, 15) is 19.7 Å². The monoisotopic (exact) mass is 341 g/mol. The van der Waals surface area contributed by atoms with E-state index in [0.29, 0.717) is 29.8 Å². The Kier molecular flexibility index (Phi) is 4.02. The Morgan fingerprint density at radius 3 is 2.36 bits per heavy atom. The van der Waals surface area contributed by atoms with Gasteiger partial charge in [-0.2, -0.15) is 0 Å². The SMILES string of the molecule is CCCC(C)(Cc1nc2c(n1C)C(=O)c1ccccc1C2=O)[N+](=O)[O-]. The van der Waals surface area contributed by atoms with Crippen LogP contribution in [0.4, 0.5) is 0 Å². The molecule has 1 unspecified atom stereocenters. The lowest BCUT2D eigenvalue weighted by Gasteiger charge is -2.20. The van der Waals surface area contributed by atoms with Gasteiger partial charge in [0.25, 0.3) is 0 Å². The highest BCUT2D eigenvalue weighted by molar-refractivity contribution is 6.27. The van der Waals surface area contributed by atoms with Crippen molar-refractivity contribution in [3.8, 4) is 0 Å². The summed E-state index contributed by atoms with van der Waals surface area (Å²) in [6, 6.07) is 6.62. The van der Waals surface area contributed by atoms with Crippen molar-refractivity contribution in [3.05, 3.63) is 62.7 Å². The van der Waals surface area contributed by atoms with E-state index in [-0.39, 0.29) is 34.3 Å². The summed E-state index contributed by atoms with van der Waals surface area (Å²) in [4.78, 5) is 41.0.